The first-order valence-corrected chi connectivity index (χ1v) is 11.5. The number of hydrogen-bond acceptors (Lipinski definition) is 6. The third kappa shape index (κ3) is 5.00. The van der Waals surface area contributed by atoms with Crippen LogP contribution in [0.15, 0.2) is 57.9 Å². The first-order chi connectivity index (χ1) is 13.6. The molecule has 1 aromatic heterocycles. The molecule has 0 saturated carbocycles. The van der Waals surface area contributed by atoms with Crippen LogP contribution in [-0.2, 0) is 25.8 Å². The van der Waals surface area contributed by atoms with Gasteiger partial charge in [-0.1, -0.05) is 11.2 Å². The Hall–Kier alpha value is -2.76. The molecule has 0 radical (unpaired) electrons. The highest BCUT2D eigenvalue weighted by Crippen LogP contribution is 2.23. The van der Waals surface area contributed by atoms with Crippen LogP contribution in [0, 0.1) is 12.7 Å². The van der Waals surface area contributed by atoms with Crippen LogP contribution in [0.25, 0.3) is 11.3 Å². The van der Waals surface area contributed by atoms with E-state index in [-0.39, 0.29) is 16.3 Å². The van der Waals surface area contributed by atoms with Crippen molar-refractivity contribution in [3.05, 3.63) is 65.7 Å². The average Bonchev–Trinajstić information content (AvgIpc) is 3.11. The summed E-state index contributed by atoms with van der Waals surface area (Å²) in [5.41, 5.74) is 1.52. The van der Waals surface area contributed by atoms with Gasteiger partial charge in [-0.15, -0.1) is 0 Å². The lowest BCUT2D eigenvalue weighted by Crippen LogP contribution is -2.20. The lowest BCUT2D eigenvalue weighted by molar-refractivity contribution is 0.395. The third-order valence-corrected chi connectivity index (χ3v) is 6.82. The standard InChI is InChI=1S/C18H18FN3O5S2/c1-12-3-8-15(9-18(12)29(25,26)20-2)22-28(23,24)11-16-10-17(21-27-16)13-4-6-14(19)7-5-13/h3-10,20,22H,11H2,1-2H3. The molecule has 0 atom stereocenters. The zero-order valence-corrected chi connectivity index (χ0v) is 17.1. The third-order valence-electron chi connectivity index (χ3n) is 4.05. The summed E-state index contributed by atoms with van der Waals surface area (Å²) in [5, 5.41) is 3.80. The van der Waals surface area contributed by atoms with Gasteiger partial charge in [0.15, 0.2) is 5.76 Å². The molecular formula is C18H18FN3O5S2. The number of nitrogens with one attached hydrogen (secondary N) is 2. The Morgan fingerprint density at radius 2 is 1.72 bits per heavy atom. The first kappa shape index (κ1) is 21.0. The van der Waals surface area contributed by atoms with Crippen LogP contribution in [0.3, 0.4) is 0 Å². The van der Waals surface area contributed by atoms with Gasteiger partial charge in [-0.3, -0.25) is 4.72 Å². The molecule has 11 heteroatoms. The highest BCUT2D eigenvalue weighted by molar-refractivity contribution is 7.92. The summed E-state index contributed by atoms with van der Waals surface area (Å²) in [6.45, 7) is 1.61. The largest absolute Gasteiger partial charge is 0.360 e. The van der Waals surface area contributed by atoms with Gasteiger partial charge in [0.2, 0.25) is 20.0 Å². The molecule has 0 amide bonds. The molecule has 2 aromatic carbocycles. The fraction of sp³-hybridized carbons (Fsp3) is 0.167. The topological polar surface area (TPSA) is 118 Å². The smallest absolute Gasteiger partial charge is 0.240 e. The number of benzene rings is 2. The molecule has 3 aromatic rings. The van der Waals surface area contributed by atoms with Crippen molar-refractivity contribution >= 4 is 25.7 Å². The molecule has 0 saturated heterocycles. The van der Waals surface area contributed by atoms with Crippen LogP contribution in [0.5, 0.6) is 0 Å². The maximum absolute atomic E-state index is 13.0. The number of halogens is 1. The molecule has 29 heavy (non-hydrogen) atoms. The predicted octanol–water partition coefficient (Wildman–Crippen LogP) is 2.64. The van der Waals surface area contributed by atoms with E-state index < -0.39 is 31.6 Å². The van der Waals surface area contributed by atoms with Gasteiger partial charge >= 0.3 is 0 Å². The summed E-state index contributed by atoms with van der Waals surface area (Å²) in [5.74, 6) is -0.836. The molecule has 1 heterocycles. The summed E-state index contributed by atoms with van der Waals surface area (Å²) >= 11 is 0. The molecule has 0 unspecified atom stereocenters. The number of aryl methyl sites for hydroxylation is 1. The number of nitrogens with zero attached hydrogens (tertiary/aromatic N) is 1. The number of sulfonamides is 2. The molecule has 0 aliphatic rings. The minimum Gasteiger partial charge on any atom is -0.360 e. The zero-order valence-electron chi connectivity index (χ0n) is 15.5. The SMILES string of the molecule is CNS(=O)(=O)c1cc(NS(=O)(=O)Cc2cc(-c3ccc(F)cc3)no2)ccc1C. The van der Waals surface area contributed by atoms with Gasteiger partial charge in [0.05, 0.1) is 4.90 Å². The second-order valence-corrected chi connectivity index (χ2v) is 9.81. The van der Waals surface area contributed by atoms with E-state index in [4.69, 9.17) is 4.52 Å². The highest BCUT2D eigenvalue weighted by Gasteiger charge is 2.19. The second kappa shape index (κ2) is 7.93. The summed E-state index contributed by atoms with van der Waals surface area (Å²) < 4.78 is 71.6. The van der Waals surface area contributed by atoms with Crippen molar-refractivity contribution in [3.63, 3.8) is 0 Å². The average molecular weight is 439 g/mol. The van der Waals surface area contributed by atoms with Crippen molar-refractivity contribution in [2.75, 3.05) is 11.8 Å². The molecular weight excluding hydrogens is 421 g/mol. The van der Waals surface area contributed by atoms with Crippen LogP contribution in [0.4, 0.5) is 10.1 Å². The molecule has 0 spiro atoms. The zero-order chi connectivity index (χ0) is 21.2. The van der Waals surface area contributed by atoms with Gasteiger partial charge in [0, 0.05) is 17.3 Å². The van der Waals surface area contributed by atoms with E-state index in [9.17, 15) is 21.2 Å². The van der Waals surface area contributed by atoms with E-state index in [0.29, 0.717) is 16.8 Å². The molecule has 0 aliphatic carbocycles. The maximum atomic E-state index is 13.0. The van der Waals surface area contributed by atoms with E-state index in [1.165, 1.54) is 55.6 Å². The molecule has 0 aliphatic heterocycles. The summed E-state index contributed by atoms with van der Waals surface area (Å²) in [4.78, 5) is -0.0292. The quantitative estimate of drug-likeness (QED) is 0.584. The maximum Gasteiger partial charge on any atom is 0.240 e. The molecule has 8 nitrogen and oxygen atoms in total. The number of rotatable bonds is 7. The lowest BCUT2D eigenvalue weighted by atomic mass is 10.1. The fourth-order valence-electron chi connectivity index (χ4n) is 2.60. The van der Waals surface area contributed by atoms with E-state index in [1.807, 2.05) is 0 Å². The van der Waals surface area contributed by atoms with E-state index >= 15 is 0 Å². The molecule has 0 fully saturated rings. The van der Waals surface area contributed by atoms with E-state index in [2.05, 4.69) is 14.6 Å². The predicted molar refractivity (Wildman–Crippen MR) is 106 cm³/mol. The van der Waals surface area contributed by atoms with Crippen molar-refractivity contribution in [2.24, 2.45) is 0 Å². The second-order valence-electron chi connectivity index (χ2n) is 6.23. The van der Waals surface area contributed by atoms with Gasteiger partial charge in [0.1, 0.15) is 17.3 Å². The van der Waals surface area contributed by atoms with Crippen LogP contribution in [0.1, 0.15) is 11.3 Å². The van der Waals surface area contributed by atoms with Crippen molar-refractivity contribution in [3.8, 4) is 11.3 Å². The van der Waals surface area contributed by atoms with Crippen molar-refractivity contribution < 1.29 is 25.7 Å². The van der Waals surface area contributed by atoms with Crippen LogP contribution >= 0.6 is 0 Å². The van der Waals surface area contributed by atoms with Crippen LogP contribution in [0.2, 0.25) is 0 Å². The van der Waals surface area contributed by atoms with Gasteiger partial charge in [-0.05, 0) is 55.9 Å². The Balaban J connectivity index is 1.79. The van der Waals surface area contributed by atoms with Gasteiger partial charge in [-0.2, -0.15) is 0 Å². The molecule has 2 N–H and O–H groups in total. The van der Waals surface area contributed by atoms with Crippen molar-refractivity contribution in [2.45, 2.75) is 17.6 Å². The summed E-state index contributed by atoms with van der Waals surface area (Å²) in [6.07, 6.45) is 0. The van der Waals surface area contributed by atoms with E-state index in [0.717, 1.165) is 0 Å². The lowest BCUT2D eigenvalue weighted by Gasteiger charge is -2.11. The normalized spacial score (nSPS) is 12.1. The van der Waals surface area contributed by atoms with Crippen LogP contribution in [-0.4, -0.2) is 29.0 Å². The number of aromatic nitrogens is 1. The fourth-order valence-corrected chi connectivity index (χ4v) is 4.67. The Labute approximate surface area is 167 Å². The summed E-state index contributed by atoms with van der Waals surface area (Å²) in [7, 11) is -6.37. The van der Waals surface area contributed by atoms with E-state index in [1.54, 1.807) is 6.92 Å². The highest BCUT2D eigenvalue weighted by atomic mass is 32.2. The Morgan fingerprint density at radius 1 is 1.03 bits per heavy atom. The number of hydrogen-bond donors (Lipinski definition) is 2. The monoisotopic (exact) mass is 439 g/mol. The first-order valence-electron chi connectivity index (χ1n) is 8.36. The Kier molecular flexibility index (Phi) is 5.73. The van der Waals surface area contributed by atoms with Crippen LogP contribution < -0.4 is 9.44 Å². The van der Waals surface area contributed by atoms with Gasteiger partial charge in [-0.25, -0.2) is 25.9 Å². The minimum atomic E-state index is -3.90. The van der Waals surface area contributed by atoms with Gasteiger partial charge in [0.25, 0.3) is 0 Å². The van der Waals surface area contributed by atoms with Crippen molar-refractivity contribution in [1.29, 1.82) is 0 Å². The molecule has 0 bridgehead atoms. The molecule has 154 valence electrons. The molecule has 3 rings (SSSR count). The number of anilines is 1. The summed E-state index contributed by atoms with van der Waals surface area (Å²) in [6, 6.07) is 11.2. The Bertz CT molecular complexity index is 1240. The van der Waals surface area contributed by atoms with Gasteiger partial charge < -0.3 is 4.52 Å². The Morgan fingerprint density at radius 3 is 2.38 bits per heavy atom. The minimum absolute atomic E-state index is 0.0292. The van der Waals surface area contributed by atoms with Crippen molar-refractivity contribution in [1.82, 2.24) is 9.88 Å².